The zero-order chi connectivity index (χ0) is 23.0. The topological polar surface area (TPSA) is 102 Å². The summed E-state index contributed by atoms with van der Waals surface area (Å²) >= 11 is 1.10. The molecular formula is C24H18N2O5S2. The van der Waals surface area contributed by atoms with Crippen LogP contribution in [-0.4, -0.2) is 28.6 Å². The Morgan fingerprint density at radius 2 is 1.85 bits per heavy atom. The normalized spacial score (nSPS) is 11.8. The van der Waals surface area contributed by atoms with Crippen LogP contribution in [-0.2, 0) is 21.2 Å². The molecule has 3 heterocycles. The van der Waals surface area contributed by atoms with Crippen LogP contribution < -0.4 is 0 Å². The van der Waals surface area contributed by atoms with Crippen LogP contribution in [0.25, 0.3) is 32.6 Å². The van der Waals surface area contributed by atoms with Crippen LogP contribution in [0.1, 0.15) is 12.0 Å². The van der Waals surface area contributed by atoms with Gasteiger partial charge >= 0.3 is 5.97 Å². The largest absolute Gasteiger partial charge is 0.481 e. The maximum atomic E-state index is 13.6. The molecule has 5 rings (SSSR count). The zero-order valence-electron chi connectivity index (χ0n) is 17.2. The van der Waals surface area contributed by atoms with Gasteiger partial charge in [0.25, 0.3) is 10.0 Å². The Morgan fingerprint density at radius 3 is 2.58 bits per heavy atom. The van der Waals surface area contributed by atoms with E-state index in [1.165, 1.54) is 16.4 Å². The highest BCUT2D eigenvalue weighted by Gasteiger charge is 2.24. The number of rotatable bonds is 7. The maximum absolute atomic E-state index is 13.6. The van der Waals surface area contributed by atoms with Crippen molar-refractivity contribution in [1.29, 1.82) is 0 Å². The summed E-state index contributed by atoms with van der Waals surface area (Å²) in [7, 11) is -3.90. The van der Waals surface area contributed by atoms with E-state index in [2.05, 4.69) is 5.16 Å². The number of thiophene rings is 1. The van der Waals surface area contributed by atoms with Crippen molar-refractivity contribution in [2.45, 2.75) is 17.1 Å². The highest BCUT2D eigenvalue weighted by Crippen LogP contribution is 2.35. The first-order valence-corrected chi connectivity index (χ1v) is 12.4. The molecule has 166 valence electrons. The van der Waals surface area contributed by atoms with Crippen molar-refractivity contribution in [3.8, 4) is 21.7 Å². The summed E-state index contributed by atoms with van der Waals surface area (Å²) in [5.74, 6) is -0.937. The fourth-order valence-corrected chi connectivity index (χ4v) is 6.50. The molecule has 0 bridgehead atoms. The Morgan fingerprint density at radius 1 is 1.03 bits per heavy atom. The lowest BCUT2D eigenvalue weighted by Crippen LogP contribution is -2.10. The number of nitrogens with zero attached hydrogens (tertiary/aromatic N) is 2. The van der Waals surface area contributed by atoms with Crippen LogP contribution in [0.3, 0.4) is 0 Å². The number of aryl methyl sites for hydroxylation is 1. The molecule has 0 unspecified atom stereocenters. The molecule has 1 N–H and O–H groups in total. The second-order valence-electron chi connectivity index (χ2n) is 7.45. The van der Waals surface area contributed by atoms with Gasteiger partial charge in [-0.15, -0.1) is 11.3 Å². The number of aromatic nitrogens is 2. The van der Waals surface area contributed by atoms with E-state index in [-0.39, 0.29) is 17.1 Å². The molecule has 0 saturated heterocycles. The summed E-state index contributed by atoms with van der Waals surface area (Å²) in [5.41, 5.74) is 3.66. The van der Waals surface area contributed by atoms with Gasteiger partial charge in [-0.25, -0.2) is 3.97 Å². The Balaban J connectivity index is 1.63. The van der Waals surface area contributed by atoms with Gasteiger partial charge < -0.3 is 9.63 Å². The quantitative estimate of drug-likeness (QED) is 0.341. The molecule has 33 heavy (non-hydrogen) atoms. The standard InChI is InChI=1S/C24H18N2O5S2/c27-23(28)10-7-18-15-26(21-8-6-17(14-19(18)21)16-4-2-1-3-5-16)33(29,30)24-11-9-22(32-24)20-12-13-31-25-20/h1-6,8-9,11-15H,7,10H2,(H,27,28). The van der Waals surface area contributed by atoms with Crippen LogP contribution in [0.2, 0.25) is 0 Å². The number of hydrogen-bond acceptors (Lipinski definition) is 6. The summed E-state index contributed by atoms with van der Waals surface area (Å²) in [6.45, 7) is 0. The Labute approximate surface area is 193 Å². The zero-order valence-corrected chi connectivity index (χ0v) is 18.8. The van der Waals surface area contributed by atoms with Gasteiger partial charge in [-0.05, 0) is 47.4 Å². The molecule has 7 nitrogen and oxygen atoms in total. The molecule has 9 heteroatoms. The third-order valence-corrected chi connectivity index (χ3v) is 8.60. The molecular weight excluding hydrogens is 460 g/mol. The van der Waals surface area contributed by atoms with Gasteiger partial charge in [0.1, 0.15) is 16.2 Å². The van der Waals surface area contributed by atoms with Gasteiger partial charge in [0.2, 0.25) is 0 Å². The molecule has 0 radical (unpaired) electrons. The maximum Gasteiger partial charge on any atom is 0.303 e. The van der Waals surface area contributed by atoms with Crippen LogP contribution in [0.4, 0.5) is 0 Å². The smallest absolute Gasteiger partial charge is 0.303 e. The first kappa shape index (κ1) is 21.2. The molecule has 3 aromatic heterocycles. The van der Waals surface area contributed by atoms with Gasteiger partial charge in [0.15, 0.2) is 0 Å². The lowest BCUT2D eigenvalue weighted by atomic mass is 10.0. The summed E-state index contributed by atoms with van der Waals surface area (Å²) in [6, 6.07) is 20.2. The Kier molecular flexibility index (Phi) is 5.35. The average Bonchev–Trinajstić information content (AvgIpc) is 3.57. The predicted molar refractivity (Wildman–Crippen MR) is 126 cm³/mol. The molecule has 0 spiro atoms. The van der Waals surface area contributed by atoms with Gasteiger partial charge in [-0.2, -0.15) is 8.42 Å². The SMILES string of the molecule is O=C(O)CCc1cn(S(=O)(=O)c2ccc(-c3ccon3)s2)c2ccc(-c3ccccc3)cc12. The van der Waals surface area contributed by atoms with Crippen molar-refractivity contribution < 1.29 is 22.8 Å². The number of hydrogen-bond donors (Lipinski definition) is 1. The number of aliphatic carboxylic acids is 1. The molecule has 0 aliphatic rings. The van der Waals surface area contributed by atoms with E-state index in [0.29, 0.717) is 21.7 Å². The predicted octanol–water partition coefficient (Wildman–Crippen LogP) is 5.28. The molecule has 0 saturated carbocycles. The minimum absolute atomic E-state index is 0.0932. The van der Waals surface area contributed by atoms with E-state index >= 15 is 0 Å². The van der Waals surface area contributed by atoms with Crippen molar-refractivity contribution in [3.63, 3.8) is 0 Å². The fraction of sp³-hybridized carbons (Fsp3) is 0.0833. The molecule has 5 aromatic rings. The fourth-order valence-electron chi connectivity index (χ4n) is 3.75. The number of fused-ring (bicyclic) bond motifs is 1. The number of carboxylic acid groups (broad SMARTS) is 1. The van der Waals surface area contributed by atoms with E-state index in [9.17, 15) is 18.3 Å². The van der Waals surface area contributed by atoms with Crippen molar-refractivity contribution in [2.75, 3.05) is 0 Å². The number of benzene rings is 2. The van der Waals surface area contributed by atoms with Crippen LogP contribution in [0.5, 0.6) is 0 Å². The number of carbonyl (C=O) groups is 1. The second kappa shape index (κ2) is 8.34. The Hall–Kier alpha value is -3.69. The van der Waals surface area contributed by atoms with E-state index in [1.807, 2.05) is 42.5 Å². The average molecular weight is 479 g/mol. The van der Waals surface area contributed by atoms with Crippen LogP contribution in [0.15, 0.2) is 87.9 Å². The number of carboxylic acids is 1. The van der Waals surface area contributed by atoms with Crippen molar-refractivity contribution in [1.82, 2.24) is 9.13 Å². The molecule has 2 aromatic carbocycles. The lowest BCUT2D eigenvalue weighted by Gasteiger charge is -2.07. The monoisotopic (exact) mass is 478 g/mol. The summed E-state index contributed by atoms with van der Waals surface area (Å²) in [6.07, 6.45) is 3.10. The minimum Gasteiger partial charge on any atom is -0.481 e. The van der Waals surface area contributed by atoms with Gasteiger partial charge in [0.05, 0.1) is 10.4 Å². The Bertz CT molecular complexity index is 1550. The first-order valence-electron chi connectivity index (χ1n) is 10.1. The second-order valence-corrected chi connectivity index (χ2v) is 10.6. The van der Waals surface area contributed by atoms with Gasteiger partial charge in [-0.3, -0.25) is 4.79 Å². The molecule has 0 fully saturated rings. The first-order chi connectivity index (χ1) is 15.9. The van der Waals surface area contributed by atoms with Gasteiger partial charge in [-0.1, -0.05) is 41.6 Å². The third kappa shape index (κ3) is 3.96. The summed E-state index contributed by atoms with van der Waals surface area (Å²) in [4.78, 5) is 11.9. The molecule has 0 aliphatic carbocycles. The van der Waals surface area contributed by atoms with E-state index < -0.39 is 16.0 Å². The molecule has 0 atom stereocenters. The molecule has 0 amide bonds. The minimum atomic E-state index is -3.90. The van der Waals surface area contributed by atoms with E-state index in [4.69, 9.17) is 4.52 Å². The third-order valence-electron chi connectivity index (χ3n) is 5.35. The molecule has 0 aliphatic heterocycles. The highest BCUT2D eigenvalue weighted by atomic mass is 32.2. The van der Waals surface area contributed by atoms with Crippen molar-refractivity contribution >= 4 is 38.2 Å². The van der Waals surface area contributed by atoms with Crippen molar-refractivity contribution in [3.05, 3.63) is 84.8 Å². The lowest BCUT2D eigenvalue weighted by molar-refractivity contribution is -0.136. The van der Waals surface area contributed by atoms with Crippen molar-refractivity contribution in [2.24, 2.45) is 0 Å². The highest BCUT2D eigenvalue weighted by molar-refractivity contribution is 7.92. The van der Waals surface area contributed by atoms with E-state index in [1.54, 1.807) is 24.3 Å². The van der Waals surface area contributed by atoms with Crippen LogP contribution >= 0.6 is 11.3 Å². The van der Waals surface area contributed by atoms with Gasteiger partial charge in [0, 0.05) is 24.1 Å². The summed E-state index contributed by atoms with van der Waals surface area (Å²) < 4.78 is 33.4. The van der Waals surface area contributed by atoms with E-state index in [0.717, 1.165) is 27.8 Å². The summed E-state index contributed by atoms with van der Waals surface area (Å²) in [5, 5.41) is 13.8. The van der Waals surface area contributed by atoms with Crippen LogP contribution in [0, 0.1) is 0 Å².